The maximum atomic E-state index is 10.6. The lowest BCUT2D eigenvalue weighted by atomic mass is 10.4. The lowest BCUT2D eigenvalue weighted by molar-refractivity contribution is 0.0691. The highest BCUT2D eigenvalue weighted by Crippen LogP contribution is 2.22. The largest absolute Gasteiger partial charge is 0.477 e. The predicted octanol–water partition coefficient (Wildman–Crippen LogP) is 0.666. The molecule has 0 saturated carbocycles. The van der Waals surface area contributed by atoms with Gasteiger partial charge < -0.3 is 10.1 Å². The maximum Gasteiger partial charge on any atom is 0.353 e. The zero-order chi connectivity index (χ0) is 11.0. The van der Waals surface area contributed by atoms with Crippen LogP contribution in [0.2, 0.25) is 0 Å². The number of nitrogens with zero attached hydrogens (tertiary/aromatic N) is 4. The highest BCUT2D eigenvalue weighted by atomic mass is 79.9. The van der Waals surface area contributed by atoms with E-state index in [0.29, 0.717) is 16.1 Å². The van der Waals surface area contributed by atoms with Gasteiger partial charge in [0.1, 0.15) is 11.4 Å². The van der Waals surface area contributed by atoms with E-state index in [1.165, 1.54) is 10.9 Å². The van der Waals surface area contributed by atoms with Crippen LogP contribution in [0.25, 0.3) is 11.5 Å². The average Bonchev–Trinajstić information content (AvgIpc) is 2.73. The summed E-state index contributed by atoms with van der Waals surface area (Å²) in [6.07, 6.45) is 1.25. The Morgan fingerprint density at radius 1 is 1.67 bits per heavy atom. The van der Waals surface area contributed by atoms with Crippen molar-refractivity contribution in [3.63, 3.8) is 0 Å². The number of H-pyrrole nitrogens is 1. The van der Waals surface area contributed by atoms with Crippen LogP contribution in [0.4, 0.5) is 0 Å². The number of aromatic amines is 1. The second-order valence-electron chi connectivity index (χ2n) is 2.80. The van der Waals surface area contributed by atoms with Gasteiger partial charge in [-0.1, -0.05) is 5.21 Å². The number of carboxylic acids is 1. The fraction of sp³-hybridized carbons (Fsp3) is 0.143. The first kappa shape index (κ1) is 9.84. The van der Waals surface area contributed by atoms with Gasteiger partial charge in [0.2, 0.25) is 0 Å². The molecule has 78 valence electrons. The molecule has 0 atom stereocenters. The molecule has 2 aromatic rings. The first-order valence-corrected chi connectivity index (χ1v) is 4.72. The van der Waals surface area contributed by atoms with Crippen LogP contribution in [-0.4, -0.2) is 36.0 Å². The van der Waals surface area contributed by atoms with Crippen molar-refractivity contribution in [3.05, 3.63) is 16.5 Å². The van der Waals surface area contributed by atoms with E-state index in [4.69, 9.17) is 5.11 Å². The lowest BCUT2D eigenvalue weighted by Gasteiger charge is -1.95. The Bertz CT molecular complexity index is 498. The van der Waals surface area contributed by atoms with Gasteiger partial charge in [-0.2, -0.15) is 0 Å². The van der Waals surface area contributed by atoms with Crippen molar-refractivity contribution in [2.75, 3.05) is 0 Å². The number of rotatable bonds is 2. The highest BCUT2D eigenvalue weighted by Gasteiger charge is 2.15. The Morgan fingerprint density at radius 2 is 2.40 bits per heavy atom. The van der Waals surface area contributed by atoms with Crippen molar-refractivity contribution in [2.45, 2.75) is 0 Å². The number of carbonyl (C=O) groups is 1. The molecule has 7 nitrogen and oxygen atoms in total. The summed E-state index contributed by atoms with van der Waals surface area (Å²) in [6.45, 7) is 0. The molecule has 0 unspecified atom stereocenters. The Morgan fingerprint density at radius 3 is 2.87 bits per heavy atom. The molecular formula is C7H6BrN5O2. The number of aromatic carboxylic acids is 1. The van der Waals surface area contributed by atoms with Gasteiger partial charge in [-0.05, 0) is 15.9 Å². The quantitative estimate of drug-likeness (QED) is 0.837. The molecule has 2 heterocycles. The Hall–Kier alpha value is -1.70. The molecule has 0 spiro atoms. The number of imidazole rings is 1. The zero-order valence-electron chi connectivity index (χ0n) is 7.60. The zero-order valence-corrected chi connectivity index (χ0v) is 9.19. The molecule has 0 aliphatic rings. The monoisotopic (exact) mass is 271 g/mol. The highest BCUT2D eigenvalue weighted by molar-refractivity contribution is 9.10. The molecule has 0 fully saturated rings. The van der Waals surface area contributed by atoms with E-state index in [9.17, 15) is 4.79 Å². The molecule has 0 aromatic carbocycles. The summed E-state index contributed by atoms with van der Waals surface area (Å²) < 4.78 is 2.01. The van der Waals surface area contributed by atoms with E-state index in [1.54, 1.807) is 7.05 Å². The van der Waals surface area contributed by atoms with Crippen LogP contribution in [0.3, 0.4) is 0 Å². The first-order valence-electron chi connectivity index (χ1n) is 3.93. The second kappa shape index (κ2) is 3.46. The number of carboxylic acid groups (broad SMARTS) is 1. The summed E-state index contributed by atoms with van der Waals surface area (Å²) >= 11 is 3.20. The van der Waals surface area contributed by atoms with Crippen molar-refractivity contribution in [2.24, 2.45) is 7.05 Å². The summed E-state index contributed by atoms with van der Waals surface area (Å²) in [5, 5.41) is 16.2. The van der Waals surface area contributed by atoms with E-state index in [-0.39, 0.29) is 5.69 Å². The van der Waals surface area contributed by atoms with Crippen LogP contribution < -0.4 is 0 Å². The summed E-state index contributed by atoms with van der Waals surface area (Å²) in [5.74, 6) is -0.647. The number of hydrogen-bond acceptors (Lipinski definition) is 4. The molecule has 2 rings (SSSR count). The molecule has 8 heteroatoms. The van der Waals surface area contributed by atoms with Crippen LogP contribution in [0.5, 0.6) is 0 Å². The summed E-state index contributed by atoms with van der Waals surface area (Å²) in [6, 6.07) is 0. The summed E-state index contributed by atoms with van der Waals surface area (Å²) in [4.78, 5) is 17.2. The third kappa shape index (κ3) is 1.63. The number of aryl methyl sites for hydroxylation is 1. The van der Waals surface area contributed by atoms with E-state index in [1.807, 2.05) is 0 Å². The van der Waals surface area contributed by atoms with Crippen LogP contribution in [-0.2, 0) is 7.05 Å². The van der Waals surface area contributed by atoms with Gasteiger partial charge in [-0.25, -0.2) is 14.5 Å². The third-order valence-corrected chi connectivity index (χ3v) is 2.35. The standard InChI is InChI=1S/C7H6BrN5O2/c1-13-4(5(8)11-12-13)6-9-2-3(10-6)7(14)15/h2H,1H3,(H,9,10)(H,14,15). The van der Waals surface area contributed by atoms with E-state index in [0.717, 1.165) is 0 Å². The molecule has 0 aliphatic heterocycles. The Labute approximate surface area is 92.3 Å². The number of halogens is 1. The number of aromatic nitrogens is 5. The van der Waals surface area contributed by atoms with E-state index < -0.39 is 5.97 Å². The minimum Gasteiger partial charge on any atom is -0.477 e. The average molecular weight is 272 g/mol. The van der Waals surface area contributed by atoms with Crippen LogP contribution in [0.15, 0.2) is 10.8 Å². The molecule has 15 heavy (non-hydrogen) atoms. The Balaban J connectivity index is 2.50. The third-order valence-electron chi connectivity index (χ3n) is 1.82. The van der Waals surface area contributed by atoms with Gasteiger partial charge in [-0.3, -0.25) is 0 Å². The SMILES string of the molecule is Cn1nnc(Br)c1-c1ncc(C(=O)O)[nH]1. The summed E-state index contributed by atoms with van der Waals surface area (Å²) in [5.41, 5.74) is 0.626. The normalized spacial score (nSPS) is 10.5. The van der Waals surface area contributed by atoms with Gasteiger partial charge >= 0.3 is 5.97 Å². The van der Waals surface area contributed by atoms with Crippen molar-refractivity contribution < 1.29 is 9.90 Å². The van der Waals surface area contributed by atoms with Crippen LogP contribution in [0.1, 0.15) is 10.5 Å². The van der Waals surface area contributed by atoms with Gasteiger partial charge in [-0.15, -0.1) is 5.10 Å². The number of nitrogens with one attached hydrogen (secondary N) is 1. The van der Waals surface area contributed by atoms with Gasteiger partial charge in [0.15, 0.2) is 10.4 Å². The van der Waals surface area contributed by atoms with Gasteiger partial charge in [0, 0.05) is 7.05 Å². The second-order valence-corrected chi connectivity index (χ2v) is 3.55. The van der Waals surface area contributed by atoms with Crippen LogP contribution >= 0.6 is 15.9 Å². The molecule has 0 bridgehead atoms. The molecule has 0 aliphatic carbocycles. The smallest absolute Gasteiger partial charge is 0.353 e. The van der Waals surface area contributed by atoms with Gasteiger partial charge in [0.05, 0.1) is 6.20 Å². The minimum atomic E-state index is -1.06. The number of hydrogen-bond donors (Lipinski definition) is 2. The fourth-order valence-electron chi connectivity index (χ4n) is 1.13. The molecule has 0 radical (unpaired) electrons. The molecular weight excluding hydrogens is 266 g/mol. The van der Waals surface area contributed by atoms with Crippen molar-refractivity contribution in [1.29, 1.82) is 0 Å². The summed E-state index contributed by atoms with van der Waals surface area (Å²) in [7, 11) is 1.69. The van der Waals surface area contributed by atoms with Crippen LogP contribution in [0, 0.1) is 0 Å². The molecule has 0 saturated heterocycles. The first-order chi connectivity index (χ1) is 7.09. The van der Waals surface area contributed by atoms with Gasteiger partial charge in [0.25, 0.3) is 0 Å². The van der Waals surface area contributed by atoms with E-state index in [2.05, 4.69) is 36.2 Å². The Kier molecular flexibility index (Phi) is 2.27. The molecule has 2 N–H and O–H groups in total. The van der Waals surface area contributed by atoms with Crippen molar-refractivity contribution in [3.8, 4) is 11.5 Å². The predicted molar refractivity (Wildman–Crippen MR) is 53.2 cm³/mol. The fourth-order valence-corrected chi connectivity index (χ4v) is 1.65. The minimum absolute atomic E-state index is 0.0260. The lowest BCUT2D eigenvalue weighted by Crippen LogP contribution is -1.98. The molecule has 0 amide bonds. The van der Waals surface area contributed by atoms with Crippen molar-refractivity contribution >= 4 is 21.9 Å². The topological polar surface area (TPSA) is 96.7 Å². The molecule has 2 aromatic heterocycles. The maximum absolute atomic E-state index is 10.6. The van der Waals surface area contributed by atoms with E-state index >= 15 is 0 Å². The van der Waals surface area contributed by atoms with Crippen molar-refractivity contribution in [1.82, 2.24) is 25.0 Å².